The van der Waals surface area contributed by atoms with Gasteiger partial charge >= 0.3 is 17.9 Å². The first kappa shape index (κ1) is 38.5. The van der Waals surface area contributed by atoms with Gasteiger partial charge in [0.15, 0.2) is 0 Å². The van der Waals surface area contributed by atoms with E-state index in [2.05, 4.69) is 117 Å². The summed E-state index contributed by atoms with van der Waals surface area (Å²) < 4.78 is 16.1. The lowest BCUT2D eigenvalue weighted by atomic mass is 9.70. The minimum Gasteiger partial charge on any atom is -0.462 e. The number of nitrogens with zero attached hydrogens (tertiary/aromatic N) is 1. The first-order chi connectivity index (χ1) is 25.8. The van der Waals surface area contributed by atoms with Gasteiger partial charge in [-0.1, -0.05) is 95.7 Å². The van der Waals surface area contributed by atoms with Crippen molar-refractivity contribution in [3.05, 3.63) is 145 Å². The highest BCUT2D eigenvalue weighted by atomic mass is 16.5. The van der Waals surface area contributed by atoms with Crippen LogP contribution in [0.2, 0.25) is 0 Å². The Balaban J connectivity index is 1.59. The fourth-order valence-corrected chi connectivity index (χ4v) is 7.17. The lowest BCUT2D eigenvalue weighted by Gasteiger charge is -2.34. The van der Waals surface area contributed by atoms with Crippen LogP contribution >= 0.6 is 0 Å². The first-order valence-electron chi connectivity index (χ1n) is 18.5. The number of carbonyl (C=O) groups is 3. The number of rotatable bonds is 19. The average Bonchev–Trinajstić information content (AvgIpc) is 3.45. The summed E-state index contributed by atoms with van der Waals surface area (Å²) in [7, 11) is 0. The summed E-state index contributed by atoms with van der Waals surface area (Å²) in [5.41, 5.74) is 9.68. The van der Waals surface area contributed by atoms with Crippen LogP contribution in [0.15, 0.2) is 123 Å². The summed E-state index contributed by atoms with van der Waals surface area (Å²) in [6, 6.07) is 29.4. The van der Waals surface area contributed by atoms with Crippen molar-refractivity contribution in [1.82, 2.24) is 0 Å². The van der Waals surface area contributed by atoms with Crippen molar-refractivity contribution in [2.24, 2.45) is 0 Å². The molecule has 5 rings (SSSR count). The Bertz CT molecular complexity index is 1860. The summed E-state index contributed by atoms with van der Waals surface area (Å²) >= 11 is 0. The smallest absolute Gasteiger partial charge is 0.335 e. The third-order valence-corrected chi connectivity index (χ3v) is 9.87. The molecule has 0 saturated carbocycles. The molecule has 1 aliphatic carbocycles. The molecule has 0 aromatic heterocycles. The second-order valence-electron chi connectivity index (χ2n) is 13.3. The molecule has 4 aromatic rings. The van der Waals surface area contributed by atoms with Gasteiger partial charge in [-0.05, 0) is 94.8 Å². The van der Waals surface area contributed by atoms with E-state index in [0.29, 0.717) is 18.6 Å². The van der Waals surface area contributed by atoms with Gasteiger partial charge in [-0.3, -0.25) is 0 Å². The molecule has 0 saturated heterocycles. The van der Waals surface area contributed by atoms with Crippen LogP contribution in [0.1, 0.15) is 74.6 Å². The summed E-state index contributed by atoms with van der Waals surface area (Å²) in [6.07, 6.45) is 10.9. The van der Waals surface area contributed by atoms with Gasteiger partial charge in [0, 0.05) is 53.5 Å². The number of hydrogen-bond acceptors (Lipinski definition) is 7. The maximum absolute atomic E-state index is 12.2. The molecular weight excluding hydrogens is 663 g/mol. The number of carbonyl (C=O) groups excluding carboxylic acids is 3. The molecule has 0 spiro atoms. The molecule has 0 N–H and O–H groups in total. The zero-order valence-electron chi connectivity index (χ0n) is 30.9. The number of fused-ring (bicyclic) bond motifs is 3. The normalized spacial score (nSPS) is 12.2. The minimum atomic E-state index is -0.473. The van der Waals surface area contributed by atoms with E-state index in [4.69, 9.17) is 14.2 Å². The molecule has 7 heteroatoms. The van der Waals surface area contributed by atoms with E-state index in [1.165, 1.54) is 40.5 Å². The zero-order chi connectivity index (χ0) is 37.8. The predicted octanol–water partition coefficient (Wildman–Crippen LogP) is 10.4. The lowest BCUT2D eigenvalue weighted by Crippen LogP contribution is -2.26. The Hall–Kier alpha value is -5.69. The van der Waals surface area contributed by atoms with E-state index in [1.807, 2.05) is 6.07 Å². The van der Waals surface area contributed by atoms with E-state index in [-0.39, 0.29) is 18.6 Å². The number of esters is 3. The highest BCUT2D eigenvalue weighted by molar-refractivity contribution is 5.88. The van der Waals surface area contributed by atoms with Crippen LogP contribution in [0.5, 0.6) is 5.75 Å². The molecule has 0 atom stereocenters. The summed E-state index contributed by atoms with van der Waals surface area (Å²) in [5.74, 6) is -0.813. The quantitative estimate of drug-likeness (QED) is 0.0544. The second kappa shape index (κ2) is 18.2. The number of benzene rings is 4. The van der Waals surface area contributed by atoms with Crippen LogP contribution in [0.3, 0.4) is 0 Å². The fourth-order valence-electron chi connectivity index (χ4n) is 7.17. The standard InChI is InChI=1S/C46H49NO6/c1-6-11-27-46(28-12-7-2)41-31-37(21-23-39(41)40-24-22-38(32-42(40)46)53-45(50)10-5)47(35-17-13-33(14-18-35)25-29-51-43(48)8-3)36-19-15-34(16-20-36)26-30-52-44(49)9-4/h8-10,13-24,31-32H,3-7,11-12,25-30H2,1-2H3. The van der Waals surface area contributed by atoms with Crippen LogP contribution in [-0.4, -0.2) is 31.1 Å². The molecule has 4 aromatic carbocycles. The molecule has 0 bridgehead atoms. The monoisotopic (exact) mass is 711 g/mol. The van der Waals surface area contributed by atoms with Crippen molar-refractivity contribution in [2.45, 2.75) is 70.6 Å². The summed E-state index contributed by atoms with van der Waals surface area (Å²) in [5, 5.41) is 0. The molecule has 7 nitrogen and oxygen atoms in total. The van der Waals surface area contributed by atoms with Crippen LogP contribution in [-0.2, 0) is 42.1 Å². The van der Waals surface area contributed by atoms with E-state index in [0.717, 1.165) is 66.7 Å². The van der Waals surface area contributed by atoms with E-state index < -0.39 is 17.9 Å². The van der Waals surface area contributed by atoms with Crippen molar-refractivity contribution < 1.29 is 28.6 Å². The van der Waals surface area contributed by atoms with E-state index in [9.17, 15) is 14.4 Å². The largest absolute Gasteiger partial charge is 0.462 e. The molecule has 0 unspecified atom stereocenters. The van der Waals surface area contributed by atoms with Crippen molar-refractivity contribution in [1.29, 1.82) is 0 Å². The SMILES string of the molecule is C=CC(=O)OCCc1ccc(N(c2ccc(CCOC(=O)C=C)cc2)c2ccc3c(c2)C(CCCC)(CCCC)c2cc(OC(=O)C=C)ccc2-3)cc1. The highest BCUT2D eigenvalue weighted by Crippen LogP contribution is 2.56. The molecule has 53 heavy (non-hydrogen) atoms. The molecule has 1 aliphatic rings. The topological polar surface area (TPSA) is 82.1 Å². The van der Waals surface area contributed by atoms with Crippen molar-refractivity contribution in [3.63, 3.8) is 0 Å². The van der Waals surface area contributed by atoms with Crippen molar-refractivity contribution in [2.75, 3.05) is 18.1 Å². The highest BCUT2D eigenvalue weighted by Gasteiger charge is 2.43. The molecule has 274 valence electrons. The van der Waals surface area contributed by atoms with Crippen LogP contribution in [0.25, 0.3) is 11.1 Å². The lowest BCUT2D eigenvalue weighted by molar-refractivity contribution is -0.138. The molecule has 0 aliphatic heterocycles. The number of hydrogen-bond donors (Lipinski definition) is 0. The number of ether oxygens (including phenoxy) is 3. The third-order valence-electron chi connectivity index (χ3n) is 9.87. The van der Waals surface area contributed by atoms with E-state index >= 15 is 0 Å². The van der Waals surface area contributed by atoms with Gasteiger partial charge in [0.2, 0.25) is 0 Å². The minimum absolute atomic E-state index is 0.256. The van der Waals surface area contributed by atoms with Crippen LogP contribution in [0.4, 0.5) is 17.1 Å². The van der Waals surface area contributed by atoms with Gasteiger partial charge in [-0.2, -0.15) is 0 Å². The van der Waals surface area contributed by atoms with Gasteiger partial charge in [-0.25, -0.2) is 14.4 Å². The van der Waals surface area contributed by atoms with Gasteiger partial charge in [0.05, 0.1) is 13.2 Å². The summed E-state index contributed by atoms with van der Waals surface area (Å²) in [4.78, 5) is 37.6. The zero-order valence-corrected chi connectivity index (χ0v) is 30.9. The molecule has 0 fully saturated rings. The Morgan fingerprint density at radius 3 is 1.53 bits per heavy atom. The van der Waals surface area contributed by atoms with Crippen LogP contribution in [0, 0.1) is 0 Å². The average molecular weight is 712 g/mol. The molecule has 0 heterocycles. The fraction of sp³-hybridized carbons (Fsp3) is 0.283. The Labute approximate surface area is 313 Å². The number of anilines is 3. The Kier molecular flexibility index (Phi) is 13.2. The maximum Gasteiger partial charge on any atom is 0.335 e. The van der Waals surface area contributed by atoms with E-state index in [1.54, 1.807) is 0 Å². The van der Waals surface area contributed by atoms with Crippen molar-refractivity contribution >= 4 is 35.0 Å². The molecule has 0 amide bonds. The van der Waals surface area contributed by atoms with Gasteiger partial charge in [0.25, 0.3) is 0 Å². The van der Waals surface area contributed by atoms with Gasteiger partial charge in [0.1, 0.15) is 5.75 Å². The number of unbranched alkanes of at least 4 members (excludes halogenated alkanes) is 2. The predicted molar refractivity (Wildman–Crippen MR) is 212 cm³/mol. The maximum atomic E-state index is 12.2. The summed E-state index contributed by atoms with van der Waals surface area (Å²) in [6.45, 7) is 15.5. The Morgan fingerprint density at radius 1 is 0.604 bits per heavy atom. The van der Waals surface area contributed by atoms with Gasteiger partial charge < -0.3 is 19.1 Å². The second-order valence-corrected chi connectivity index (χ2v) is 13.3. The first-order valence-corrected chi connectivity index (χ1v) is 18.5. The Morgan fingerprint density at radius 2 is 1.06 bits per heavy atom. The molecule has 0 radical (unpaired) electrons. The van der Waals surface area contributed by atoms with Crippen molar-refractivity contribution in [3.8, 4) is 16.9 Å². The van der Waals surface area contributed by atoms with Gasteiger partial charge in [-0.15, -0.1) is 0 Å². The third kappa shape index (κ3) is 9.04. The van der Waals surface area contributed by atoms with Crippen LogP contribution < -0.4 is 9.64 Å². The molecular formula is C46H49NO6.